The van der Waals surface area contributed by atoms with E-state index in [0.29, 0.717) is 17.4 Å². The summed E-state index contributed by atoms with van der Waals surface area (Å²) in [7, 11) is 0. The zero-order chi connectivity index (χ0) is 13.9. The van der Waals surface area contributed by atoms with Crippen molar-refractivity contribution in [2.45, 2.75) is 38.7 Å². The summed E-state index contributed by atoms with van der Waals surface area (Å²) in [5, 5.41) is 8.36. The van der Waals surface area contributed by atoms with Crippen LogP contribution in [0.1, 0.15) is 42.5 Å². The number of halogens is 1. The SMILES string of the molecule is CC1CCCc2cc(OCc3ccccc3F)nnc21. The molecule has 1 aromatic carbocycles. The van der Waals surface area contributed by atoms with E-state index in [-0.39, 0.29) is 12.4 Å². The number of fused-ring (bicyclic) bond motifs is 1. The van der Waals surface area contributed by atoms with E-state index in [1.54, 1.807) is 18.2 Å². The number of hydrogen-bond donors (Lipinski definition) is 0. The molecule has 0 amide bonds. The van der Waals surface area contributed by atoms with Crippen LogP contribution < -0.4 is 4.74 Å². The molecule has 3 rings (SSSR count). The first kappa shape index (κ1) is 13.0. The van der Waals surface area contributed by atoms with Crippen LogP contribution in [0.2, 0.25) is 0 Å². The first-order valence-corrected chi connectivity index (χ1v) is 6.97. The third-order valence-corrected chi connectivity index (χ3v) is 3.77. The van der Waals surface area contributed by atoms with Gasteiger partial charge in [-0.3, -0.25) is 0 Å². The predicted molar refractivity (Wildman–Crippen MR) is 74.1 cm³/mol. The second-order valence-corrected chi connectivity index (χ2v) is 5.27. The van der Waals surface area contributed by atoms with Gasteiger partial charge in [-0.15, -0.1) is 5.10 Å². The summed E-state index contributed by atoms with van der Waals surface area (Å²) in [6, 6.07) is 8.54. The van der Waals surface area contributed by atoms with Crippen molar-refractivity contribution in [1.29, 1.82) is 0 Å². The highest BCUT2D eigenvalue weighted by Crippen LogP contribution is 2.30. The van der Waals surface area contributed by atoms with Crippen LogP contribution in [0, 0.1) is 5.82 Å². The fraction of sp³-hybridized carbons (Fsp3) is 0.375. The molecular weight excluding hydrogens is 255 g/mol. The summed E-state index contributed by atoms with van der Waals surface area (Å²) in [4.78, 5) is 0. The third kappa shape index (κ3) is 2.64. The fourth-order valence-electron chi connectivity index (χ4n) is 2.61. The van der Waals surface area contributed by atoms with Crippen molar-refractivity contribution >= 4 is 0 Å². The normalized spacial score (nSPS) is 17.6. The maximum absolute atomic E-state index is 13.5. The molecule has 1 unspecified atom stereocenters. The van der Waals surface area contributed by atoms with E-state index in [9.17, 15) is 4.39 Å². The van der Waals surface area contributed by atoms with Gasteiger partial charge in [0.05, 0.1) is 5.69 Å². The molecule has 1 aromatic heterocycles. The number of ether oxygens (including phenoxy) is 1. The van der Waals surface area contributed by atoms with Crippen LogP contribution in [0.4, 0.5) is 4.39 Å². The number of nitrogens with zero attached hydrogens (tertiary/aromatic N) is 2. The van der Waals surface area contributed by atoms with Gasteiger partial charge in [0.2, 0.25) is 5.88 Å². The molecule has 0 fully saturated rings. The van der Waals surface area contributed by atoms with Crippen molar-refractivity contribution in [3.63, 3.8) is 0 Å². The van der Waals surface area contributed by atoms with E-state index in [2.05, 4.69) is 17.1 Å². The first-order chi connectivity index (χ1) is 9.74. The van der Waals surface area contributed by atoms with Gasteiger partial charge in [0, 0.05) is 17.5 Å². The second-order valence-electron chi connectivity index (χ2n) is 5.27. The summed E-state index contributed by atoms with van der Waals surface area (Å²) in [5.41, 5.74) is 2.82. The molecule has 104 valence electrons. The minimum absolute atomic E-state index is 0.176. The van der Waals surface area contributed by atoms with Crippen LogP contribution >= 0.6 is 0 Å². The van der Waals surface area contributed by atoms with Crippen LogP contribution in [0.25, 0.3) is 0 Å². The zero-order valence-electron chi connectivity index (χ0n) is 11.5. The van der Waals surface area contributed by atoms with E-state index in [4.69, 9.17) is 4.74 Å². The van der Waals surface area contributed by atoms with Crippen LogP contribution in [0.15, 0.2) is 30.3 Å². The van der Waals surface area contributed by atoms with Gasteiger partial charge in [-0.25, -0.2) is 4.39 Å². The van der Waals surface area contributed by atoms with E-state index in [1.807, 2.05) is 6.07 Å². The lowest BCUT2D eigenvalue weighted by Crippen LogP contribution is -2.11. The molecule has 0 saturated carbocycles. The molecule has 0 spiro atoms. The summed E-state index contributed by atoms with van der Waals surface area (Å²) in [5.74, 6) is 0.681. The highest BCUT2D eigenvalue weighted by molar-refractivity contribution is 5.29. The Kier molecular flexibility index (Phi) is 3.63. The predicted octanol–water partition coefficient (Wildman–Crippen LogP) is 3.63. The third-order valence-electron chi connectivity index (χ3n) is 3.77. The standard InChI is InChI=1S/C16H17FN2O/c1-11-5-4-7-12-9-15(18-19-16(11)12)20-10-13-6-2-3-8-14(13)17/h2-3,6,8-9,11H,4-5,7,10H2,1H3. The van der Waals surface area contributed by atoms with Gasteiger partial charge in [0.25, 0.3) is 0 Å². The lowest BCUT2D eigenvalue weighted by atomic mass is 9.88. The number of aromatic nitrogens is 2. The smallest absolute Gasteiger partial charge is 0.233 e. The van der Waals surface area contributed by atoms with Crippen molar-refractivity contribution < 1.29 is 9.13 Å². The monoisotopic (exact) mass is 272 g/mol. The molecule has 0 radical (unpaired) electrons. The van der Waals surface area contributed by atoms with Gasteiger partial charge in [0.1, 0.15) is 12.4 Å². The summed E-state index contributed by atoms with van der Waals surface area (Å²) in [6.07, 6.45) is 3.36. The average molecular weight is 272 g/mol. The summed E-state index contributed by atoms with van der Waals surface area (Å²) in [6.45, 7) is 2.35. The molecule has 1 aliphatic rings. The van der Waals surface area contributed by atoms with Gasteiger partial charge in [-0.2, -0.15) is 5.10 Å². The van der Waals surface area contributed by atoms with Crippen molar-refractivity contribution in [2.24, 2.45) is 0 Å². The van der Waals surface area contributed by atoms with E-state index < -0.39 is 0 Å². The molecule has 4 heteroatoms. The molecule has 1 atom stereocenters. The van der Waals surface area contributed by atoms with Crippen molar-refractivity contribution in [3.8, 4) is 5.88 Å². The molecular formula is C16H17FN2O. The van der Waals surface area contributed by atoms with Gasteiger partial charge >= 0.3 is 0 Å². The van der Waals surface area contributed by atoms with Crippen LogP contribution in [-0.4, -0.2) is 10.2 Å². The highest BCUT2D eigenvalue weighted by Gasteiger charge is 2.19. The summed E-state index contributed by atoms with van der Waals surface area (Å²) >= 11 is 0. The molecule has 0 aliphatic heterocycles. The maximum Gasteiger partial charge on any atom is 0.233 e. The largest absolute Gasteiger partial charge is 0.472 e. The molecule has 20 heavy (non-hydrogen) atoms. The van der Waals surface area contributed by atoms with Crippen molar-refractivity contribution in [2.75, 3.05) is 0 Å². The Hall–Kier alpha value is -1.97. The average Bonchev–Trinajstić information content (AvgIpc) is 2.46. The minimum Gasteiger partial charge on any atom is -0.472 e. The Balaban J connectivity index is 1.74. The van der Waals surface area contributed by atoms with E-state index >= 15 is 0 Å². The number of aryl methyl sites for hydroxylation is 1. The summed E-state index contributed by atoms with van der Waals surface area (Å²) < 4.78 is 19.1. The van der Waals surface area contributed by atoms with Gasteiger partial charge in [-0.1, -0.05) is 25.1 Å². The molecule has 3 nitrogen and oxygen atoms in total. The Labute approximate surface area is 117 Å². The quantitative estimate of drug-likeness (QED) is 0.855. The van der Waals surface area contributed by atoms with E-state index in [1.165, 1.54) is 18.1 Å². The second kappa shape index (κ2) is 5.57. The number of rotatable bonds is 3. The minimum atomic E-state index is -0.257. The van der Waals surface area contributed by atoms with Crippen LogP contribution in [0.3, 0.4) is 0 Å². The van der Waals surface area contributed by atoms with Crippen molar-refractivity contribution in [3.05, 3.63) is 53.0 Å². The Morgan fingerprint density at radius 2 is 2.15 bits per heavy atom. The molecule has 1 heterocycles. The topological polar surface area (TPSA) is 35.0 Å². The Bertz CT molecular complexity index is 615. The van der Waals surface area contributed by atoms with Crippen LogP contribution in [0.5, 0.6) is 5.88 Å². The lowest BCUT2D eigenvalue weighted by molar-refractivity contribution is 0.283. The highest BCUT2D eigenvalue weighted by atomic mass is 19.1. The number of hydrogen-bond acceptors (Lipinski definition) is 3. The van der Waals surface area contributed by atoms with Crippen molar-refractivity contribution in [1.82, 2.24) is 10.2 Å². The molecule has 0 bridgehead atoms. The molecule has 1 aliphatic carbocycles. The zero-order valence-corrected chi connectivity index (χ0v) is 11.5. The van der Waals surface area contributed by atoms with Gasteiger partial charge in [0.15, 0.2) is 0 Å². The van der Waals surface area contributed by atoms with Gasteiger partial charge < -0.3 is 4.74 Å². The molecule has 0 saturated heterocycles. The fourth-order valence-corrected chi connectivity index (χ4v) is 2.61. The van der Waals surface area contributed by atoms with Crippen LogP contribution in [-0.2, 0) is 13.0 Å². The maximum atomic E-state index is 13.5. The van der Waals surface area contributed by atoms with Gasteiger partial charge in [-0.05, 0) is 30.9 Å². The Morgan fingerprint density at radius 1 is 1.30 bits per heavy atom. The molecule has 2 aromatic rings. The first-order valence-electron chi connectivity index (χ1n) is 6.97. The lowest BCUT2D eigenvalue weighted by Gasteiger charge is -2.20. The molecule has 0 N–H and O–H groups in total. The van der Waals surface area contributed by atoms with E-state index in [0.717, 1.165) is 18.5 Å². The number of benzene rings is 1. The Morgan fingerprint density at radius 3 is 3.00 bits per heavy atom.